The van der Waals surface area contributed by atoms with E-state index in [2.05, 4.69) is 41.3 Å². The van der Waals surface area contributed by atoms with Gasteiger partial charge >= 0.3 is 6.18 Å². The number of alkyl halides is 3. The molecule has 1 aliphatic carbocycles. The van der Waals surface area contributed by atoms with Gasteiger partial charge in [-0.2, -0.15) is 18.3 Å². The SMILES string of the molecule is CC(=O)c1nn(CC(=O)N2C3C[C@]3(C)C[C@H]2C(=O)Nc2cc(CC(F)(F)F)cc(Br)n2)c2ccc(-c3cnc(C)nc3)cc12. The number of fused-ring (bicyclic) bond motifs is 2. The van der Waals surface area contributed by atoms with Crippen LogP contribution >= 0.6 is 15.9 Å². The topological polar surface area (TPSA) is 123 Å². The van der Waals surface area contributed by atoms with E-state index in [1.807, 2.05) is 19.1 Å². The number of aryl methyl sites for hydroxylation is 1. The fourth-order valence-corrected chi connectivity index (χ4v) is 6.49. The molecule has 1 saturated heterocycles. The second-order valence-electron chi connectivity index (χ2n) is 11.7. The molecule has 1 aromatic carbocycles. The van der Waals surface area contributed by atoms with Crippen LogP contribution in [0.4, 0.5) is 19.0 Å². The first-order chi connectivity index (χ1) is 20.7. The number of aromatic nitrogens is 5. The molecule has 3 atom stereocenters. The van der Waals surface area contributed by atoms with Crippen LogP contribution in [0.5, 0.6) is 0 Å². The molecule has 0 radical (unpaired) electrons. The lowest BCUT2D eigenvalue weighted by Crippen LogP contribution is -2.46. The van der Waals surface area contributed by atoms with Crippen LogP contribution in [0.3, 0.4) is 0 Å². The normalized spacial score (nSPS) is 20.9. The lowest BCUT2D eigenvalue weighted by molar-refractivity contribution is -0.138. The monoisotopic (exact) mass is 669 g/mol. The maximum Gasteiger partial charge on any atom is 0.393 e. The average Bonchev–Trinajstić information content (AvgIpc) is 3.29. The first-order valence-electron chi connectivity index (χ1n) is 13.9. The number of likely N-dealkylation sites (tertiary alicyclic amines) is 1. The molecule has 10 nitrogen and oxygen atoms in total. The first kappa shape index (κ1) is 29.9. The molecule has 14 heteroatoms. The van der Waals surface area contributed by atoms with Crippen molar-refractivity contribution in [3.63, 3.8) is 0 Å². The fourth-order valence-electron chi connectivity index (χ4n) is 6.01. The predicted octanol–water partition coefficient (Wildman–Crippen LogP) is 5.28. The molecule has 44 heavy (non-hydrogen) atoms. The van der Waals surface area contributed by atoms with E-state index < -0.39 is 24.5 Å². The summed E-state index contributed by atoms with van der Waals surface area (Å²) in [5, 5.41) is 7.66. The van der Waals surface area contributed by atoms with Crippen LogP contribution in [0.25, 0.3) is 22.0 Å². The van der Waals surface area contributed by atoms with E-state index in [-0.39, 0.29) is 51.4 Å². The number of Topliss-reactive ketones (excluding diaryl/α,β-unsaturated/α-hetero) is 1. The lowest BCUT2D eigenvalue weighted by Gasteiger charge is -2.27. The zero-order valence-electron chi connectivity index (χ0n) is 23.9. The Balaban J connectivity index is 1.25. The van der Waals surface area contributed by atoms with Gasteiger partial charge in [0.2, 0.25) is 11.8 Å². The Morgan fingerprint density at radius 1 is 1.09 bits per heavy atom. The summed E-state index contributed by atoms with van der Waals surface area (Å²) >= 11 is 3.11. The van der Waals surface area contributed by atoms with Crippen LogP contribution in [0, 0.1) is 12.3 Å². The van der Waals surface area contributed by atoms with Crippen molar-refractivity contribution in [2.24, 2.45) is 5.41 Å². The molecule has 6 rings (SSSR count). The van der Waals surface area contributed by atoms with Gasteiger partial charge in [-0.1, -0.05) is 13.0 Å². The second kappa shape index (κ2) is 10.8. The van der Waals surface area contributed by atoms with Gasteiger partial charge in [-0.05, 0) is 76.5 Å². The maximum absolute atomic E-state index is 13.8. The van der Waals surface area contributed by atoms with E-state index in [0.29, 0.717) is 23.1 Å². The van der Waals surface area contributed by atoms with Crippen LogP contribution in [0.1, 0.15) is 48.6 Å². The standard InChI is InChI=1S/C30H27BrF3N7O3/c1-15(42)27-20-8-18(19-12-35-16(2)36-13-19)4-5-21(20)40(39-27)14-26(43)41-22(10-29(3)11-23(29)41)28(44)38-25-7-17(6-24(31)37-25)9-30(32,33)34/h4-8,12-13,22-23H,9-11,14H2,1-3H3,(H,37,38,44)/t22-,23?,29-/m0/s1. The van der Waals surface area contributed by atoms with Gasteiger partial charge in [0.05, 0.1) is 11.9 Å². The molecule has 3 aromatic heterocycles. The van der Waals surface area contributed by atoms with E-state index in [1.54, 1.807) is 30.3 Å². The van der Waals surface area contributed by atoms with E-state index in [4.69, 9.17) is 0 Å². The number of anilines is 1. The number of piperidine rings is 1. The number of nitrogens with zero attached hydrogens (tertiary/aromatic N) is 6. The van der Waals surface area contributed by atoms with Crippen LogP contribution in [0.15, 0.2) is 47.3 Å². The highest BCUT2D eigenvalue weighted by atomic mass is 79.9. The van der Waals surface area contributed by atoms with Crippen molar-refractivity contribution in [2.45, 2.75) is 64.8 Å². The van der Waals surface area contributed by atoms with Gasteiger partial charge < -0.3 is 10.2 Å². The molecule has 2 amide bonds. The van der Waals surface area contributed by atoms with E-state index in [9.17, 15) is 27.6 Å². The molecule has 228 valence electrons. The number of halogens is 4. The minimum atomic E-state index is -4.43. The van der Waals surface area contributed by atoms with Crippen LogP contribution in [-0.4, -0.2) is 65.5 Å². The quantitative estimate of drug-likeness (QED) is 0.210. The minimum Gasteiger partial charge on any atom is -0.325 e. The van der Waals surface area contributed by atoms with Gasteiger partial charge in [0.25, 0.3) is 0 Å². The zero-order valence-corrected chi connectivity index (χ0v) is 25.5. The first-order valence-corrected chi connectivity index (χ1v) is 14.7. The minimum absolute atomic E-state index is 0.0410. The largest absolute Gasteiger partial charge is 0.393 e. The fraction of sp³-hybridized carbons (Fsp3) is 0.367. The number of amides is 2. The molecule has 0 bridgehead atoms. The van der Waals surface area contributed by atoms with Crippen molar-refractivity contribution in [3.8, 4) is 11.1 Å². The second-order valence-corrected chi connectivity index (χ2v) is 12.5. The maximum atomic E-state index is 13.8. The number of nitrogens with one attached hydrogen (secondary N) is 1. The highest BCUT2D eigenvalue weighted by molar-refractivity contribution is 9.10. The predicted molar refractivity (Wildman–Crippen MR) is 158 cm³/mol. The van der Waals surface area contributed by atoms with Gasteiger partial charge in [-0.3, -0.25) is 19.1 Å². The van der Waals surface area contributed by atoms with E-state index in [1.165, 1.54) is 23.7 Å². The number of carbonyl (C=O) groups excluding carboxylic acids is 3. The van der Waals surface area contributed by atoms with Crippen molar-refractivity contribution in [3.05, 3.63) is 64.4 Å². The highest BCUT2D eigenvalue weighted by Gasteiger charge is 2.64. The molecular weight excluding hydrogens is 643 g/mol. The third kappa shape index (κ3) is 5.82. The smallest absolute Gasteiger partial charge is 0.325 e. The molecule has 2 fully saturated rings. The summed E-state index contributed by atoms with van der Waals surface area (Å²) < 4.78 is 40.5. The van der Waals surface area contributed by atoms with Crippen LogP contribution in [-0.2, 0) is 22.6 Å². The van der Waals surface area contributed by atoms with Crippen LogP contribution in [0.2, 0.25) is 0 Å². The number of ketones is 1. The molecule has 4 aromatic rings. The summed E-state index contributed by atoms with van der Waals surface area (Å²) in [5.41, 5.74) is 2.04. The average molecular weight is 670 g/mol. The Bertz CT molecular complexity index is 1830. The van der Waals surface area contributed by atoms with Crippen molar-refractivity contribution in [2.75, 3.05) is 5.32 Å². The summed E-state index contributed by atoms with van der Waals surface area (Å²) in [4.78, 5) is 53.9. The number of benzene rings is 1. The summed E-state index contributed by atoms with van der Waals surface area (Å²) in [6, 6.07) is 6.84. The van der Waals surface area contributed by atoms with Crippen molar-refractivity contribution < 1.29 is 27.6 Å². The Morgan fingerprint density at radius 2 is 1.82 bits per heavy atom. The summed E-state index contributed by atoms with van der Waals surface area (Å²) in [7, 11) is 0. The number of rotatable bonds is 7. The third-order valence-electron chi connectivity index (χ3n) is 8.22. The number of carbonyl (C=O) groups is 3. The van der Waals surface area contributed by atoms with Gasteiger partial charge in [0.15, 0.2) is 5.78 Å². The molecule has 1 saturated carbocycles. The van der Waals surface area contributed by atoms with Crippen LogP contribution < -0.4 is 5.32 Å². The Kier molecular flexibility index (Phi) is 7.30. The molecule has 4 heterocycles. The van der Waals surface area contributed by atoms with Gasteiger partial charge in [-0.15, -0.1) is 0 Å². The highest BCUT2D eigenvalue weighted by Crippen LogP contribution is 2.59. The molecule has 2 aliphatic rings. The summed E-state index contributed by atoms with van der Waals surface area (Å²) in [6.07, 6.45) is -1.09. The molecule has 0 spiro atoms. The van der Waals surface area contributed by atoms with Crippen molar-refractivity contribution >= 4 is 50.2 Å². The van der Waals surface area contributed by atoms with Gasteiger partial charge in [-0.25, -0.2) is 15.0 Å². The zero-order chi connectivity index (χ0) is 31.6. The summed E-state index contributed by atoms with van der Waals surface area (Å²) in [6.45, 7) is 4.98. The lowest BCUT2D eigenvalue weighted by atomic mass is 10.0. The Hall–Kier alpha value is -4.20. The molecule has 1 aliphatic heterocycles. The Morgan fingerprint density at radius 3 is 2.50 bits per heavy atom. The number of hydrogen-bond donors (Lipinski definition) is 1. The van der Waals surface area contributed by atoms with Gasteiger partial charge in [0.1, 0.15) is 34.5 Å². The number of pyridine rings is 1. The van der Waals surface area contributed by atoms with Gasteiger partial charge in [0, 0.05) is 36.3 Å². The van der Waals surface area contributed by atoms with E-state index in [0.717, 1.165) is 17.5 Å². The molecular formula is C30H27BrF3N7O3. The van der Waals surface area contributed by atoms with E-state index >= 15 is 0 Å². The van der Waals surface area contributed by atoms with Crippen molar-refractivity contribution in [1.82, 2.24) is 29.6 Å². The third-order valence-corrected chi connectivity index (χ3v) is 8.63. The summed E-state index contributed by atoms with van der Waals surface area (Å²) in [5.74, 6) is -0.564. The molecule has 1 unspecified atom stereocenters. The Labute approximate surface area is 258 Å². The van der Waals surface area contributed by atoms with Crippen molar-refractivity contribution in [1.29, 1.82) is 0 Å². The molecule has 1 N–H and O–H groups in total. The number of hydrogen-bond acceptors (Lipinski definition) is 7.